The Labute approximate surface area is 200 Å². The van der Waals surface area contributed by atoms with Crippen molar-refractivity contribution in [3.8, 4) is 6.07 Å². The van der Waals surface area contributed by atoms with E-state index in [0.717, 1.165) is 19.3 Å². The second-order valence-corrected chi connectivity index (χ2v) is 9.10. The largest absolute Gasteiger partial charge is 0.326 e. The summed E-state index contributed by atoms with van der Waals surface area (Å²) in [6.07, 6.45) is 2.50. The van der Waals surface area contributed by atoms with Gasteiger partial charge in [-0.3, -0.25) is 19.1 Å². The molecule has 1 saturated carbocycles. The highest BCUT2D eigenvalue weighted by Gasteiger charge is 2.51. The van der Waals surface area contributed by atoms with Crippen molar-refractivity contribution in [2.24, 2.45) is 5.92 Å². The lowest BCUT2D eigenvalue weighted by Crippen LogP contribution is -2.52. The first-order valence-corrected chi connectivity index (χ1v) is 11.4. The number of amides is 2. The average molecular weight is 477 g/mol. The van der Waals surface area contributed by atoms with Crippen molar-refractivity contribution >= 4 is 45.9 Å². The van der Waals surface area contributed by atoms with Crippen LogP contribution in [0.15, 0.2) is 36.4 Å². The normalized spacial score (nSPS) is 21.0. The molecule has 3 atom stereocenters. The summed E-state index contributed by atoms with van der Waals surface area (Å²) in [6, 6.07) is 11.3. The van der Waals surface area contributed by atoms with Gasteiger partial charge in [0.2, 0.25) is 11.8 Å². The van der Waals surface area contributed by atoms with Crippen LogP contribution in [0.25, 0.3) is 10.9 Å². The zero-order chi connectivity index (χ0) is 24.0. The lowest BCUT2D eigenvalue weighted by atomic mass is 9.97. The van der Waals surface area contributed by atoms with Gasteiger partial charge in [0.05, 0.1) is 17.1 Å². The molecule has 2 amide bonds. The van der Waals surface area contributed by atoms with Crippen molar-refractivity contribution in [3.63, 3.8) is 0 Å². The van der Waals surface area contributed by atoms with Crippen LogP contribution in [-0.2, 0) is 16.1 Å². The quantitative estimate of drug-likeness (QED) is 0.446. The van der Waals surface area contributed by atoms with E-state index < -0.39 is 6.04 Å². The zero-order valence-corrected chi connectivity index (χ0v) is 19.1. The summed E-state index contributed by atoms with van der Waals surface area (Å²) in [6.45, 7) is 1.29. The number of likely N-dealkylation sites (tertiary alicyclic amines) is 1. The van der Waals surface area contributed by atoms with Gasteiger partial charge < -0.3 is 10.2 Å². The number of aromatic nitrogens is 3. The van der Waals surface area contributed by atoms with Crippen LogP contribution < -0.4 is 5.32 Å². The van der Waals surface area contributed by atoms with Gasteiger partial charge in [-0.05, 0) is 55.5 Å². The maximum absolute atomic E-state index is 13.5. The van der Waals surface area contributed by atoms with Gasteiger partial charge in [-0.1, -0.05) is 17.7 Å². The number of Topliss-reactive ketones (excluding diaryl/α,β-unsaturated/α-hetero) is 1. The molecule has 0 radical (unpaired) electrons. The highest BCUT2D eigenvalue weighted by Crippen LogP contribution is 2.43. The number of halogens is 1. The van der Waals surface area contributed by atoms with Gasteiger partial charge in [-0.15, -0.1) is 0 Å². The summed E-state index contributed by atoms with van der Waals surface area (Å²) in [5.41, 5.74) is 1.21. The number of ketones is 1. The third kappa shape index (κ3) is 3.80. The monoisotopic (exact) mass is 476 g/mol. The third-order valence-corrected chi connectivity index (χ3v) is 6.82. The summed E-state index contributed by atoms with van der Waals surface area (Å²) >= 11 is 5.93. The van der Waals surface area contributed by atoms with Crippen molar-refractivity contribution in [2.45, 2.75) is 44.8 Å². The van der Waals surface area contributed by atoms with E-state index in [4.69, 9.17) is 11.6 Å². The lowest BCUT2D eigenvalue weighted by Gasteiger charge is -2.34. The number of benzene rings is 1. The zero-order valence-electron chi connectivity index (χ0n) is 18.4. The molecule has 3 heterocycles. The predicted octanol–water partition coefficient (Wildman–Crippen LogP) is 3.18. The molecular formula is C24H21ClN6O3. The summed E-state index contributed by atoms with van der Waals surface area (Å²) in [5.74, 6) is -0.365. The van der Waals surface area contributed by atoms with Crippen molar-refractivity contribution in [3.05, 3.63) is 52.8 Å². The summed E-state index contributed by atoms with van der Waals surface area (Å²) < 4.78 is 1.48. The van der Waals surface area contributed by atoms with Gasteiger partial charge >= 0.3 is 0 Å². The topological polar surface area (TPSA) is 121 Å². The number of nitriles is 1. The number of nitrogens with zero attached hydrogens (tertiary/aromatic N) is 5. The molecule has 34 heavy (non-hydrogen) atoms. The molecule has 2 bridgehead atoms. The van der Waals surface area contributed by atoms with Crippen LogP contribution in [0.3, 0.4) is 0 Å². The molecule has 3 aromatic rings. The van der Waals surface area contributed by atoms with Crippen LogP contribution in [0, 0.1) is 17.2 Å². The molecule has 10 heteroatoms. The van der Waals surface area contributed by atoms with E-state index in [-0.39, 0.29) is 46.9 Å². The van der Waals surface area contributed by atoms with E-state index in [0.29, 0.717) is 22.3 Å². The minimum atomic E-state index is -0.605. The van der Waals surface area contributed by atoms with Gasteiger partial charge in [0.25, 0.3) is 0 Å². The van der Waals surface area contributed by atoms with Crippen molar-refractivity contribution in [1.82, 2.24) is 19.7 Å². The van der Waals surface area contributed by atoms with Crippen molar-refractivity contribution < 1.29 is 14.4 Å². The molecule has 2 fully saturated rings. The summed E-state index contributed by atoms with van der Waals surface area (Å²) in [4.78, 5) is 44.6. The van der Waals surface area contributed by atoms with E-state index >= 15 is 0 Å². The highest BCUT2D eigenvalue weighted by atomic mass is 35.5. The van der Waals surface area contributed by atoms with Gasteiger partial charge in [0.15, 0.2) is 5.78 Å². The maximum Gasteiger partial charge on any atom is 0.248 e. The van der Waals surface area contributed by atoms with Gasteiger partial charge in [-0.2, -0.15) is 10.4 Å². The summed E-state index contributed by atoms with van der Waals surface area (Å²) in [5, 5.41) is 17.2. The minimum absolute atomic E-state index is 0.0140. The standard InChI is InChI=1S/C24H21ClN6O3/c1-13(32)22-17-9-14(11-26)5-8-18(17)30(29-22)12-21(33)31-16-7-6-15(10-16)23(31)24(34)28-20-4-2-3-19(25)27-20/h2-5,8-9,15-16,23H,6-7,10,12H2,1H3,(H,27,28,34)/t15-,16+,23-/m0/s1. The van der Waals surface area contributed by atoms with Crippen molar-refractivity contribution in [1.29, 1.82) is 5.26 Å². The molecule has 1 aliphatic carbocycles. The van der Waals surface area contributed by atoms with Crippen LogP contribution in [0.4, 0.5) is 5.82 Å². The number of carbonyl (C=O) groups is 3. The number of hydrogen-bond donors (Lipinski definition) is 1. The number of hydrogen-bond acceptors (Lipinski definition) is 6. The summed E-state index contributed by atoms with van der Waals surface area (Å²) in [7, 11) is 0. The van der Waals surface area contributed by atoms with Gasteiger partial charge in [-0.25, -0.2) is 4.98 Å². The van der Waals surface area contributed by atoms with Gasteiger partial charge in [0, 0.05) is 18.4 Å². The van der Waals surface area contributed by atoms with E-state index in [2.05, 4.69) is 21.5 Å². The fraction of sp³-hybridized carbons (Fsp3) is 0.333. The Balaban J connectivity index is 1.42. The molecule has 2 aliphatic rings. The number of piperidine rings is 1. The number of fused-ring (bicyclic) bond motifs is 3. The molecule has 1 N–H and O–H groups in total. The first-order valence-electron chi connectivity index (χ1n) is 11.0. The van der Waals surface area contributed by atoms with Gasteiger partial charge in [0.1, 0.15) is 29.3 Å². The van der Waals surface area contributed by atoms with Crippen LogP contribution >= 0.6 is 11.6 Å². The number of nitrogens with one attached hydrogen (secondary N) is 1. The van der Waals surface area contributed by atoms with Crippen molar-refractivity contribution in [2.75, 3.05) is 5.32 Å². The molecule has 0 spiro atoms. The molecule has 1 saturated heterocycles. The number of anilines is 1. The maximum atomic E-state index is 13.5. The highest BCUT2D eigenvalue weighted by molar-refractivity contribution is 6.29. The Morgan fingerprint density at radius 2 is 2.06 bits per heavy atom. The first kappa shape index (κ1) is 22.0. The number of carbonyl (C=O) groups excluding carboxylic acids is 3. The molecule has 5 rings (SSSR count). The molecular weight excluding hydrogens is 456 g/mol. The molecule has 1 aliphatic heterocycles. The Bertz CT molecular complexity index is 1380. The second kappa shape index (κ2) is 8.54. The first-order chi connectivity index (χ1) is 16.4. The van der Waals surface area contributed by atoms with E-state index in [1.54, 1.807) is 41.3 Å². The van der Waals surface area contributed by atoms with E-state index in [9.17, 15) is 19.6 Å². The number of rotatable bonds is 5. The average Bonchev–Trinajstić information content (AvgIpc) is 3.52. The second-order valence-electron chi connectivity index (χ2n) is 8.71. The Kier molecular flexibility index (Phi) is 5.54. The van der Waals surface area contributed by atoms with Crippen LogP contribution in [0.2, 0.25) is 5.15 Å². The fourth-order valence-corrected chi connectivity index (χ4v) is 5.37. The Morgan fingerprint density at radius 1 is 1.24 bits per heavy atom. The molecule has 172 valence electrons. The number of pyridine rings is 1. The van der Waals surface area contributed by atoms with E-state index in [1.165, 1.54) is 11.6 Å². The third-order valence-electron chi connectivity index (χ3n) is 6.61. The van der Waals surface area contributed by atoms with E-state index in [1.807, 2.05) is 0 Å². The predicted molar refractivity (Wildman–Crippen MR) is 124 cm³/mol. The van der Waals surface area contributed by atoms with Crippen LogP contribution in [-0.4, -0.2) is 49.3 Å². The Hall–Kier alpha value is -3.77. The molecule has 1 aromatic carbocycles. The molecule has 9 nitrogen and oxygen atoms in total. The lowest BCUT2D eigenvalue weighted by molar-refractivity contribution is -0.141. The molecule has 2 aromatic heterocycles. The minimum Gasteiger partial charge on any atom is -0.326 e. The van der Waals surface area contributed by atoms with Crippen LogP contribution in [0.1, 0.15) is 42.2 Å². The fourth-order valence-electron chi connectivity index (χ4n) is 5.20. The smallest absolute Gasteiger partial charge is 0.248 e. The SMILES string of the molecule is CC(=O)c1nn(CC(=O)N2[C@@H]3CC[C@@H](C3)[C@H]2C(=O)Nc2cccc(Cl)n2)c2ccc(C#N)cc12. The van der Waals surface area contributed by atoms with Crippen LogP contribution in [0.5, 0.6) is 0 Å². The Morgan fingerprint density at radius 3 is 2.79 bits per heavy atom. The molecule has 0 unspecified atom stereocenters.